The molecule has 0 amide bonds. The fourth-order valence-corrected chi connectivity index (χ4v) is 5.66. The van der Waals surface area contributed by atoms with Gasteiger partial charge in [0, 0.05) is 24.9 Å². The lowest BCUT2D eigenvalue weighted by molar-refractivity contribution is 0.0611. The average Bonchev–Trinajstić information content (AvgIpc) is 3.51. The zero-order valence-electron chi connectivity index (χ0n) is 22.8. The number of aromatic amines is 2. The zero-order valence-corrected chi connectivity index (χ0v) is 24.4. The summed E-state index contributed by atoms with van der Waals surface area (Å²) >= 11 is 0. The minimum Gasteiger partial charge on any atom is -0.494 e. The molecule has 2 N–H and O–H groups in total. The van der Waals surface area contributed by atoms with E-state index in [0.29, 0.717) is 17.8 Å². The van der Waals surface area contributed by atoms with E-state index < -0.39 is 0 Å². The zero-order chi connectivity index (χ0) is 25.6. The molecule has 5 rings (SSSR count). The highest BCUT2D eigenvalue weighted by Crippen LogP contribution is 2.29. The predicted molar refractivity (Wildman–Crippen MR) is 158 cm³/mol. The van der Waals surface area contributed by atoms with Crippen LogP contribution in [0.1, 0.15) is 77.2 Å². The van der Waals surface area contributed by atoms with E-state index in [-0.39, 0.29) is 36.7 Å². The van der Waals surface area contributed by atoms with E-state index in [1.54, 1.807) is 0 Å². The molecule has 4 aromatic rings. The Morgan fingerprint density at radius 3 is 2.72 bits per heavy atom. The van der Waals surface area contributed by atoms with Gasteiger partial charge in [0.15, 0.2) is 11.5 Å². The molecule has 0 radical (unpaired) electrons. The molecule has 1 aliphatic rings. The van der Waals surface area contributed by atoms with Gasteiger partial charge in [-0.2, -0.15) is 0 Å². The first-order valence-corrected chi connectivity index (χ1v) is 13.8. The number of nitrogens with zero attached hydrogens (tertiary/aromatic N) is 6. The van der Waals surface area contributed by atoms with E-state index in [0.717, 1.165) is 60.7 Å². The Bertz CT molecular complexity index is 1360. The summed E-state index contributed by atoms with van der Waals surface area (Å²) in [6, 6.07) is 7.70. The van der Waals surface area contributed by atoms with Crippen molar-refractivity contribution in [2.75, 3.05) is 19.7 Å². The van der Waals surface area contributed by atoms with Gasteiger partial charge in [0.05, 0.1) is 17.6 Å². The average molecular weight is 580 g/mol. The molecule has 1 saturated heterocycles. The molecule has 3 aromatic heterocycles. The fraction of sp³-hybridized carbons (Fsp3) is 0.593. The van der Waals surface area contributed by atoms with Crippen LogP contribution in [0, 0.1) is 5.92 Å². The van der Waals surface area contributed by atoms with Crippen LogP contribution in [0.5, 0.6) is 5.75 Å². The summed E-state index contributed by atoms with van der Waals surface area (Å²) in [5.41, 5.74) is 1.81. The highest BCUT2D eigenvalue weighted by atomic mass is 35.5. The summed E-state index contributed by atoms with van der Waals surface area (Å²) in [5.74, 6) is 2.46. The summed E-state index contributed by atoms with van der Waals surface area (Å²) < 4.78 is 8.11. The molecule has 214 valence electrons. The third-order valence-corrected chi connectivity index (χ3v) is 7.39. The van der Waals surface area contributed by atoms with Gasteiger partial charge in [-0.3, -0.25) is 9.88 Å². The van der Waals surface area contributed by atoms with Gasteiger partial charge in [-0.1, -0.05) is 26.7 Å². The van der Waals surface area contributed by atoms with Gasteiger partial charge < -0.3 is 9.72 Å². The number of piperidine rings is 1. The number of rotatable bonds is 12. The number of tetrazole rings is 1. The maximum Gasteiger partial charge on any atom is 0.325 e. The fourth-order valence-electron chi connectivity index (χ4n) is 5.66. The number of pyridine rings is 1. The van der Waals surface area contributed by atoms with Crippen LogP contribution in [0.2, 0.25) is 0 Å². The molecule has 0 spiro atoms. The van der Waals surface area contributed by atoms with Gasteiger partial charge in [0.2, 0.25) is 0 Å². The van der Waals surface area contributed by atoms with Crippen LogP contribution >= 0.6 is 24.8 Å². The second-order valence-electron chi connectivity index (χ2n) is 10.2. The van der Waals surface area contributed by atoms with E-state index in [1.165, 1.54) is 38.5 Å². The Morgan fingerprint density at radius 2 is 1.92 bits per heavy atom. The quantitative estimate of drug-likeness (QED) is 0.215. The molecule has 0 saturated carbocycles. The van der Waals surface area contributed by atoms with Crippen LogP contribution in [0.4, 0.5) is 0 Å². The van der Waals surface area contributed by atoms with E-state index in [2.05, 4.69) is 53.9 Å². The summed E-state index contributed by atoms with van der Waals surface area (Å²) in [7, 11) is 0. The monoisotopic (exact) mass is 578 g/mol. The highest BCUT2D eigenvalue weighted by molar-refractivity contribution is 5.90. The van der Waals surface area contributed by atoms with Crippen LogP contribution in [0.25, 0.3) is 22.1 Å². The molecule has 1 atom stereocenters. The number of benzene rings is 1. The number of likely N-dealkylation sites (tertiary alicyclic amines) is 1. The smallest absolute Gasteiger partial charge is 0.325 e. The van der Waals surface area contributed by atoms with E-state index in [9.17, 15) is 4.79 Å². The minimum absolute atomic E-state index is 0. The Kier molecular flexibility index (Phi) is 11.6. The van der Waals surface area contributed by atoms with Crippen molar-refractivity contribution < 1.29 is 4.74 Å². The summed E-state index contributed by atoms with van der Waals surface area (Å²) in [4.78, 5) is 24.1. The van der Waals surface area contributed by atoms with Gasteiger partial charge in [-0.15, -0.1) is 29.9 Å². The summed E-state index contributed by atoms with van der Waals surface area (Å²) in [5, 5.41) is 13.8. The molecule has 10 nitrogen and oxygen atoms in total. The molecule has 1 aromatic carbocycles. The second kappa shape index (κ2) is 14.6. The highest BCUT2D eigenvalue weighted by Gasteiger charge is 2.28. The number of halogens is 2. The predicted octanol–water partition coefficient (Wildman–Crippen LogP) is 5.45. The first-order chi connectivity index (χ1) is 18.1. The van der Waals surface area contributed by atoms with Crippen molar-refractivity contribution >= 4 is 46.9 Å². The molecule has 4 heterocycles. The number of imidazole rings is 1. The van der Waals surface area contributed by atoms with Gasteiger partial charge in [-0.25, -0.2) is 14.5 Å². The van der Waals surface area contributed by atoms with Crippen molar-refractivity contribution in [2.45, 2.75) is 77.8 Å². The molecule has 12 heteroatoms. The molecule has 1 fully saturated rings. The van der Waals surface area contributed by atoms with Crippen LogP contribution in [-0.2, 0) is 6.42 Å². The van der Waals surface area contributed by atoms with Crippen LogP contribution in [0.15, 0.2) is 29.1 Å². The number of fused-ring (bicyclic) bond motifs is 2. The molecular weight excluding hydrogens is 539 g/mol. The molecule has 1 aliphatic heterocycles. The lowest BCUT2D eigenvalue weighted by atomic mass is 9.96. The van der Waals surface area contributed by atoms with E-state index >= 15 is 0 Å². The maximum atomic E-state index is 11.6. The SMILES string of the molecule is CCCC(CCC)CN1CCCCC1n1nnnc1CCCOc1ccc2nc3[nH]c(=O)[nH]c3cc2c1.Cl.Cl. The number of H-pyrrole nitrogens is 2. The maximum absolute atomic E-state index is 11.6. The second-order valence-corrected chi connectivity index (χ2v) is 10.2. The molecule has 0 bridgehead atoms. The minimum atomic E-state index is -0.255. The van der Waals surface area contributed by atoms with Gasteiger partial charge >= 0.3 is 5.69 Å². The van der Waals surface area contributed by atoms with Gasteiger partial charge in [0.1, 0.15) is 11.9 Å². The van der Waals surface area contributed by atoms with Crippen LogP contribution in [-0.4, -0.2) is 59.8 Å². The standard InChI is InChI=1S/C27H38N8O2.2ClH/c1-3-8-19(9-4-2)18-34-14-6-5-11-25(34)35-24(31-32-33-35)10-7-15-37-21-12-13-22-20(16-21)17-23-26(28-22)30-27(36)29-23;;/h12-13,16-17,19,25H,3-11,14-15,18H2,1-2H3,(H2,28,29,30,36);2*1H. The van der Waals surface area contributed by atoms with Crippen molar-refractivity contribution in [3.8, 4) is 5.75 Å². The third kappa shape index (κ3) is 7.49. The van der Waals surface area contributed by atoms with Crippen molar-refractivity contribution in [3.63, 3.8) is 0 Å². The summed E-state index contributed by atoms with van der Waals surface area (Å²) in [6.07, 6.45) is 10.5. The van der Waals surface area contributed by atoms with Gasteiger partial charge in [0.25, 0.3) is 0 Å². The normalized spacial score (nSPS) is 15.9. The number of hydrogen-bond donors (Lipinski definition) is 2. The molecule has 0 aliphatic carbocycles. The Morgan fingerprint density at radius 1 is 1.10 bits per heavy atom. The topological polar surface area (TPSA) is 118 Å². The molecule has 39 heavy (non-hydrogen) atoms. The number of ether oxygens (including phenoxy) is 1. The Labute approximate surface area is 241 Å². The Hall–Kier alpha value is -2.69. The molecular formula is C27H40Cl2N8O2. The lowest BCUT2D eigenvalue weighted by Crippen LogP contribution is -2.41. The van der Waals surface area contributed by atoms with Crippen molar-refractivity contribution in [2.24, 2.45) is 5.92 Å². The number of aryl methyl sites for hydroxylation is 1. The van der Waals surface area contributed by atoms with Crippen molar-refractivity contribution in [3.05, 3.63) is 40.6 Å². The first kappa shape index (κ1) is 30.8. The van der Waals surface area contributed by atoms with E-state index in [4.69, 9.17) is 4.74 Å². The number of aromatic nitrogens is 7. The largest absolute Gasteiger partial charge is 0.494 e. The van der Waals surface area contributed by atoms with Crippen molar-refractivity contribution in [1.82, 2.24) is 40.1 Å². The van der Waals surface area contributed by atoms with Gasteiger partial charge in [-0.05, 0) is 79.1 Å². The third-order valence-electron chi connectivity index (χ3n) is 7.39. The lowest BCUT2D eigenvalue weighted by Gasteiger charge is -2.38. The first-order valence-electron chi connectivity index (χ1n) is 13.8. The van der Waals surface area contributed by atoms with Crippen LogP contribution in [0.3, 0.4) is 0 Å². The van der Waals surface area contributed by atoms with Crippen molar-refractivity contribution in [1.29, 1.82) is 0 Å². The summed E-state index contributed by atoms with van der Waals surface area (Å²) in [6.45, 7) is 7.40. The number of nitrogens with one attached hydrogen (secondary N) is 2. The molecule has 1 unspecified atom stereocenters. The number of hydrogen-bond acceptors (Lipinski definition) is 7. The van der Waals surface area contributed by atoms with Crippen LogP contribution < -0.4 is 10.4 Å². The van der Waals surface area contributed by atoms with E-state index in [1.807, 2.05) is 24.3 Å². The Balaban J connectivity index is 0.00000210.